The van der Waals surface area contributed by atoms with Crippen LogP contribution >= 0.6 is 11.8 Å². The lowest BCUT2D eigenvalue weighted by molar-refractivity contribution is 0.603. The highest BCUT2D eigenvalue weighted by molar-refractivity contribution is 8.04. The van der Waals surface area contributed by atoms with Gasteiger partial charge in [-0.15, -0.1) is 11.8 Å². The van der Waals surface area contributed by atoms with Crippen LogP contribution in [0, 0.1) is 18.3 Å². The van der Waals surface area contributed by atoms with Gasteiger partial charge >= 0.3 is 0 Å². The Morgan fingerprint density at radius 2 is 1.55 bits per heavy atom. The van der Waals surface area contributed by atoms with Crippen molar-refractivity contribution >= 4 is 27.3 Å². The van der Waals surface area contributed by atoms with Gasteiger partial charge < -0.3 is 5.32 Å². The number of hydrogen-bond donors (Lipinski definition) is 1. The zero-order chi connectivity index (χ0) is 22.3. The summed E-state index contributed by atoms with van der Waals surface area (Å²) >= 11 is 1.32. The fourth-order valence-electron chi connectivity index (χ4n) is 3.10. The molecule has 0 atom stereocenters. The van der Waals surface area contributed by atoms with Gasteiger partial charge in [0.05, 0.1) is 4.90 Å². The van der Waals surface area contributed by atoms with Gasteiger partial charge in [0, 0.05) is 11.4 Å². The zero-order valence-electron chi connectivity index (χ0n) is 17.5. The molecule has 0 amide bonds. The van der Waals surface area contributed by atoms with E-state index in [-0.39, 0.29) is 9.80 Å². The molecule has 0 radical (unpaired) electrons. The molecule has 0 saturated heterocycles. The molecule has 0 heterocycles. The molecule has 0 aliphatic carbocycles. The second-order valence-corrected chi connectivity index (χ2v) is 9.81. The quantitative estimate of drug-likeness (QED) is 0.424. The van der Waals surface area contributed by atoms with Crippen molar-refractivity contribution in [2.75, 3.05) is 5.32 Å². The van der Waals surface area contributed by atoms with Crippen molar-refractivity contribution < 1.29 is 8.42 Å². The van der Waals surface area contributed by atoms with E-state index >= 15 is 0 Å². The Hall–Kier alpha value is -3.01. The third-order valence-corrected chi connectivity index (χ3v) is 7.81. The first-order valence-corrected chi connectivity index (χ1v) is 12.4. The Kier molecular flexibility index (Phi) is 7.56. The van der Waals surface area contributed by atoms with Crippen LogP contribution in [0.2, 0.25) is 0 Å². The minimum atomic E-state index is -3.97. The van der Waals surface area contributed by atoms with Crippen molar-refractivity contribution in [3.05, 3.63) is 105 Å². The second-order valence-electron chi connectivity index (χ2n) is 6.94. The van der Waals surface area contributed by atoms with Crippen LogP contribution < -0.4 is 5.32 Å². The van der Waals surface area contributed by atoms with Gasteiger partial charge in [-0.1, -0.05) is 67.6 Å². The van der Waals surface area contributed by atoms with Crippen molar-refractivity contribution in [2.45, 2.75) is 30.9 Å². The molecule has 3 rings (SSSR count). The molecule has 0 spiro atoms. The third-order valence-electron chi connectivity index (χ3n) is 4.91. The fraction of sp³-hybridized carbons (Fsp3) is 0.160. The molecule has 3 aromatic rings. The number of thioether (sulfide) groups is 1. The maximum absolute atomic E-state index is 13.3. The molecular weight excluding hydrogens is 424 g/mol. The van der Waals surface area contributed by atoms with Crippen molar-refractivity contribution in [1.29, 1.82) is 5.26 Å². The molecule has 0 saturated carbocycles. The summed E-state index contributed by atoms with van der Waals surface area (Å²) in [5.74, 6) is 0.540. The normalized spacial score (nSPS) is 12.0. The molecule has 4 nitrogen and oxygen atoms in total. The van der Waals surface area contributed by atoms with E-state index in [1.807, 2.05) is 68.4 Å². The first-order chi connectivity index (χ1) is 15.0. The standard InChI is InChI=1S/C25H24N2O2S2/c1-3-20-12-9-10-16-23(20)27-25(30-18-21-13-8-7-11-19(21)2)24(17-26)31(28,29)22-14-5-4-6-15-22/h4-16,27H,3,18H2,1-2H3. The summed E-state index contributed by atoms with van der Waals surface area (Å²) in [4.78, 5) is -0.172. The average Bonchev–Trinajstić information content (AvgIpc) is 2.79. The van der Waals surface area contributed by atoms with Gasteiger partial charge in [0.1, 0.15) is 11.1 Å². The molecule has 0 fully saturated rings. The van der Waals surface area contributed by atoms with Gasteiger partial charge in [0.25, 0.3) is 0 Å². The highest BCUT2D eigenvalue weighted by Crippen LogP contribution is 2.32. The van der Waals surface area contributed by atoms with E-state index in [9.17, 15) is 13.7 Å². The molecule has 1 N–H and O–H groups in total. The Balaban J connectivity index is 2.08. The van der Waals surface area contributed by atoms with Crippen molar-refractivity contribution in [1.82, 2.24) is 0 Å². The Morgan fingerprint density at radius 3 is 2.19 bits per heavy atom. The summed E-state index contributed by atoms with van der Waals surface area (Å²) in [5.41, 5.74) is 4.05. The topological polar surface area (TPSA) is 70.0 Å². The summed E-state index contributed by atoms with van der Waals surface area (Å²) < 4.78 is 26.6. The number of nitrogens with one attached hydrogen (secondary N) is 1. The van der Waals surface area contributed by atoms with Crippen LogP contribution in [0.3, 0.4) is 0 Å². The Morgan fingerprint density at radius 1 is 0.935 bits per heavy atom. The molecule has 6 heteroatoms. The molecule has 158 valence electrons. The van der Waals surface area contributed by atoms with Gasteiger partial charge in [0.2, 0.25) is 9.84 Å². The predicted octanol–water partition coefficient (Wildman–Crippen LogP) is 6.07. The van der Waals surface area contributed by atoms with E-state index < -0.39 is 9.84 Å². The number of hydrogen-bond acceptors (Lipinski definition) is 5. The fourth-order valence-corrected chi connectivity index (χ4v) is 5.76. The predicted molar refractivity (Wildman–Crippen MR) is 128 cm³/mol. The molecule has 0 unspecified atom stereocenters. The lowest BCUT2D eigenvalue weighted by Crippen LogP contribution is -2.11. The van der Waals surface area contributed by atoms with Crippen LogP contribution in [0.4, 0.5) is 5.69 Å². The molecule has 0 aromatic heterocycles. The molecule has 0 aliphatic rings. The maximum atomic E-state index is 13.3. The second kappa shape index (κ2) is 10.3. The highest BCUT2D eigenvalue weighted by atomic mass is 32.2. The first kappa shape index (κ1) is 22.7. The van der Waals surface area contributed by atoms with Crippen LogP contribution in [0.1, 0.15) is 23.6 Å². The number of nitriles is 1. The van der Waals surface area contributed by atoms with Gasteiger partial charge in [-0.3, -0.25) is 0 Å². The summed E-state index contributed by atoms with van der Waals surface area (Å²) in [6.45, 7) is 4.06. The van der Waals surface area contributed by atoms with Gasteiger partial charge in [-0.25, -0.2) is 8.42 Å². The van der Waals surface area contributed by atoms with Gasteiger partial charge in [-0.05, 0) is 48.2 Å². The monoisotopic (exact) mass is 448 g/mol. The lowest BCUT2D eigenvalue weighted by atomic mass is 10.1. The van der Waals surface area contributed by atoms with E-state index in [1.165, 1.54) is 23.9 Å². The van der Waals surface area contributed by atoms with Crippen molar-refractivity contribution in [3.8, 4) is 6.07 Å². The number of nitrogens with zero attached hydrogens (tertiary/aromatic N) is 1. The Labute approximate surface area is 188 Å². The first-order valence-electron chi connectivity index (χ1n) is 9.94. The van der Waals surface area contributed by atoms with Gasteiger partial charge in [0.15, 0.2) is 4.91 Å². The van der Waals surface area contributed by atoms with Crippen LogP contribution in [-0.4, -0.2) is 8.42 Å². The number of aryl methyl sites for hydroxylation is 2. The molecule has 0 aliphatic heterocycles. The Bertz CT molecular complexity index is 1230. The molecule has 3 aromatic carbocycles. The molecular formula is C25H24N2O2S2. The number of allylic oxidation sites excluding steroid dienone is 1. The maximum Gasteiger partial charge on any atom is 0.219 e. The lowest BCUT2D eigenvalue weighted by Gasteiger charge is -2.16. The number of anilines is 1. The third kappa shape index (κ3) is 5.38. The number of sulfone groups is 1. The summed E-state index contributed by atoms with van der Waals surface area (Å²) in [6.07, 6.45) is 0.784. The number of benzene rings is 3. The zero-order valence-corrected chi connectivity index (χ0v) is 19.1. The van der Waals surface area contributed by atoms with Gasteiger partial charge in [-0.2, -0.15) is 5.26 Å². The van der Waals surface area contributed by atoms with E-state index in [0.717, 1.165) is 28.8 Å². The molecule has 0 bridgehead atoms. The number of rotatable bonds is 8. The van der Waals surface area contributed by atoms with Crippen LogP contribution in [-0.2, 0) is 22.0 Å². The smallest absolute Gasteiger partial charge is 0.219 e. The van der Waals surface area contributed by atoms with Crippen LogP contribution in [0.15, 0.2) is 93.7 Å². The van der Waals surface area contributed by atoms with E-state index in [0.29, 0.717) is 10.8 Å². The summed E-state index contributed by atoms with van der Waals surface area (Å²) in [7, 11) is -3.97. The van der Waals surface area contributed by atoms with E-state index in [2.05, 4.69) is 5.32 Å². The SMILES string of the molecule is CCc1ccccc1NC(SCc1ccccc1C)=C(C#N)S(=O)(=O)c1ccccc1. The van der Waals surface area contributed by atoms with Crippen LogP contribution in [0.5, 0.6) is 0 Å². The van der Waals surface area contributed by atoms with E-state index in [1.54, 1.807) is 18.2 Å². The minimum absolute atomic E-state index is 0.103. The summed E-state index contributed by atoms with van der Waals surface area (Å²) in [5, 5.41) is 13.5. The van der Waals surface area contributed by atoms with Crippen molar-refractivity contribution in [2.24, 2.45) is 0 Å². The average molecular weight is 449 g/mol. The van der Waals surface area contributed by atoms with E-state index in [4.69, 9.17) is 0 Å². The van der Waals surface area contributed by atoms with Crippen LogP contribution in [0.25, 0.3) is 0 Å². The highest BCUT2D eigenvalue weighted by Gasteiger charge is 2.26. The summed E-state index contributed by atoms with van der Waals surface area (Å²) in [6, 6.07) is 25.7. The molecule has 31 heavy (non-hydrogen) atoms. The largest absolute Gasteiger partial charge is 0.348 e. The van der Waals surface area contributed by atoms with Crippen molar-refractivity contribution in [3.63, 3.8) is 0 Å². The number of para-hydroxylation sites is 1. The minimum Gasteiger partial charge on any atom is -0.348 e.